The zero-order chi connectivity index (χ0) is 11.6. The third kappa shape index (κ3) is 2.15. The first-order valence-electron chi connectivity index (χ1n) is 5.42. The second kappa shape index (κ2) is 3.77. The molecule has 0 unspecified atom stereocenters. The molecule has 0 aliphatic carbocycles. The minimum absolute atomic E-state index is 0.123. The SMILES string of the molecule is CC(C)(C)CC1(c2ccccc2)N=NN=N1. The maximum atomic E-state index is 4.21. The Balaban J connectivity index is 2.38. The Bertz CT molecular complexity index is 402. The van der Waals surface area contributed by atoms with E-state index in [1.54, 1.807) is 0 Å². The molecule has 0 atom stereocenters. The van der Waals surface area contributed by atoms with Crippen molar-refractivity contribution in [2.24, 2.45) is 26.1 Å². The molecule has 1 heterocycles. The van der Waals surface area contributed by atoms with Crippen molar-refractivity contribution in [1.29, 1.82) is 0 Å². The lowest BCUT2D eigenvalue weighted by molar-refractivity contribution is 0.263. The molecule has 1 aromatic rings. The van der Waals surface area contributed by atoms with Crippen LogP contribution in [0.5, 0.6) is 0 Å². The molecule has 1 aliphatic heterocycles. The molecule has 0 saturated heterocycles. The Morgan fingerprint density at radius 2 is 1.56 bits per heavy atom. The van der Waals surface area contributed by atoms with Crippen molar-refractivity contribution in [3.8, 4) is 0 Å². The smallest absolute Gasteiger partial charge is 0.130 e. The van der Waals surface area contributed by atoms with E-state index in [1.165, 1.54) is 0 Å². The Morgan fingerprint density at radius 1 is 1.00 bits per heavy atom. The van der Waals surface area contributed by atoms with Gasteiger partial charge in [-0.05, 0) is 15.9 Å². The highest BCUT2D eigenvalue weighted by Crippen LogP contribution is 2.41. The van der Waals surface area contributed by atoms with Gasteiger partial charge in [0.05, 0.1) is 0 Å². The second-order valence-corrected chi connectivity index (χ2v) is 5.30. The lowest BCUT2D eigenvalue weighted by Crippen LogP contribution is -2.25. The molecule has 84 valence electrons. The van der Waals surface area contributed by atoms with Crippen LogP contribution in [0.25, 0.3) is 0 Å². The molecule has 2 rings (SSSR count). The van der Waals surface area contributed by atoms with Gasteiger partial charge in [-0.15, -0.1) is 10.2 Å². The molecule has 0 bridgehead atoms. The minimum atomic E-state index is -0.612. The van der Waals surface area contributed by atoms with Crippen molar-refractivity contribution in [2.75, 3.05) is 0 Å². The van der Waals surface area contributed by atoms with E-state index in [4.69, 9.17) is 0 Å². The highest BCUT2D eigenvalue weighted by atomic mass is 15.6. The summed E-state index contributed by atoms with van der Waals surface area (Å²) in [4.78, 5) is 0. The van der Waals surface area contributed by atoms with Crippen LogP contribution in [0, 0.1) is 5.41 Å². The fourth-order valence-electron chi connectivity index (χ4n) is 1.94. The maximum absolute atomic E-state index is 4.21. The molecule has 0 saturated carbocycles. The van der Waals surface area contributed by atoms with E-state index in [0.29, 0.717) is 0 Å². The van der Waals surface area contributed by atoms with E-state index in [0.717, 1.165) is 12.0 Å². The predicted molar refractivity (Wildman–Crippen MR) is 61.9 cm³/mol. The number of hydrogen-bond acceptors (Lipinski definition) is 4. The van der Waals surface area contributed by atoms with Gasteiger partial charge in [-0.2, -0.15) is 0 Å². The lowest BCUT2D eigenvalue weighted by atomic mass is 9.82. The third-order valence-electron chi connectivity index (χ3n) is 2.47. The largest absolute Gasteiger partial charge is 0.220 e. The van der Waals surface area contributed by atoms with Crippen molar-refractivity contribution in [1.82, 2.24) is 0 Å². The Hall–Kier alpha value is -1.58. The van der Waals surface area contributed by atoms with Crippen LogP contribution in [-0.4, -0.2) is 0 Å². The Morgan fingerprint density at radius 3 is 2.06 bits per heavy atom. The molecular formula is C12H16N4. The highest BCUT2D eigenvalue weighted by molar-refractivity contribution is 5.24. The zero-order valence-corrected chi connectivity index (χ0v) is 9.88. The van der Waals surface area contributed by atoms with Crippen molar-refractivity contribution in [3.05, 3.63) is 35.9 Å². The van der Waals surface area contributed by atoms with Gasteiger partial charge in [0, 0.05) is 12.0 Å². The summed E-state index contributed by atoms with van der Waals surface area (Å²) in [5, 5.41) is 15.8. The molecule has 1 aliphatic rings. The van der Waals surface area contributed by atoms with E-state index < -0.39 is 5.66 Å². The fourth-order valence-corrected chi connectivity index (χ4v) is 1.94. The molecule has 16 heavy (non-hydrogen) atoms. The van der Waals surface area contributed by atoms with Gasteiger partial charge in [-0.1, -0.05) is 51.1 Å². The highest BCUT2D eigenvalue weighted by Gasteiger charge is 2.39. The van der Waals surface area contributed by atoms with E-state index in [2.05, 4.69) is 41.4 Å². The third-order valence-corrected chi connectivity index (χ3v) is 2.47. The maximum Gasteiger partial charge on any atom is 0.220 e. The van der Waals surface area contributed by atoms with Gasteiger partial charge >= 0.3 is 0 Å². The van der Waals surface area contributed by atoms with Crippen LogP contribution >= 0.6 is 0 Å². The van der Waals surface area contributed by atoms with Crippen LogP contribution in [0.1, 0.15) is 32.8 Å². The average molecular weight is 216 g/mol. The van der Waals surface area contributed by atoms with Crippen molar-refractivity contribution < 1.29 is 0 Å². The fraction of sp³-hybridized carbons (Fsp3) is 0.500. The molecule has 0 spiro atoms. The van der Waals surface area contributed by atoms with E-state index in [-0.39, 0.29) is 5.41 Å². The summed E-state index contributed by atoms with van der Waals surface area (Å²) in [7, 11) is 0. The molecule has 4 nitrogen and oxygen atoms in total. The van der Waals surface area contributed by atoms with Crippen molar-refractivity contribution >= 4 is 0 Å². The van der Waals surface area contributed by atoms with Crippen LogP contribution in [0.3, 0.4) is 0 Å². The normalized spacial score (nSPS) is 17.9. The first kappa shape index (κ1) is 10.9. The molecule has 0 fully saturated rings. The molecule has 0 radical (unpaired) electrons. The van der Waals surface area contributed by atoms with E-state index in [9.17, 15) is 0 Å². The topological polar surface area (TPSA) is 49.4 Å². The van der Waals surface area contributed by atoms with Crippen LogP contribution in [0.4, 0.5) is 0 Å². The number of hydrogen-bond donors (Lipinski definition) is 0. The molecule has 1 aromatic carbocycles. The molecule has 4 heteroatoms. The van der Waals surface area contributed by atoms with Crippen LogP contribution in [0.2, 0.25) is 0 Å². The summed E-state index contributed by atoms with van der Waals surface area (Å²) in [5.74, 6) is 0. The summed E-state index contributed by atoms with van der Waals surface area (Å²) in [6.45, 7) is 6.50. The van der Waals surface area contributed by atoms with Gasteiger partial charge in [0.2, 0.25) is 5.66 Å². The van der Waals surface area contributed by atoms with Gasteiger partial charge in [-0.25, -0.2) is 0 Å². The number of nitrogens with zero attached hydrogens (tertiary/aromatic N) is 4. The lowest BCUT2D eigenvalue weighted by Gasteiger charge is -2.28. The van der Waals surface area contributed by atoms with Crippen molar-refractivity contribution in [3.63, 3.8) is 0 Å². The summed E-state index contributed by atoms with van der Waals surface area (Å²) in [6, 6.07) is 10.0. The van der Waals surface area contributed by atoms with Crippen LogP contribution in [-0.2, 0) is 5.66 Å². The van der Waals surface area contributed by atoms with E-state index >= 15 is 0 Å². The van der Waals surface area contributed by atoms with Gasteiger partial charge in [0.1, 0.15) is 0 Å². The summed E-state index contributed by atoms with van der Waals surface area (Å²) < 4.78 is 0. The predicted octanol–water partition coefficient (Wildman–Crippen LogP) is 4.11. The summed E-state index contributed by atoms with van der Waals surface area (Å²) >= 11 is 0. The summed E-state index contributed by atoms with van der Waals surface area (Å²) in [6.07, 6.45) is 0.803. The first-order chi connectivity index (χ1) is 7.52. The number of benzene rings is 1. The minimum Gasteiger partial charge on any atom is -0.130 e. The first-order valence-corrected chi connectivity index (χ1v) is 5.42. The molecule has 0 amide bonds. The standard InChI is InChI=1S/C12H16N4/c1-11(2,3)9-12(13-15-16-14-12)10-7-5-4-6-8-10/h4-8H,9H2,1-3H3. The van der Waals surface area contributed by atoms with Gasteiger partial charge < -0.3 is 0 Å². The number of rotatable bonds is 2. The van der Waals surface area contributed by atoms with Gasteiger partial charge in [0.25, 0.3) is 0 Å². The second-order valence-electron chi connectivity index (χ2n) is 5.30. The van der Waals surface area contributed by atoms with Gasteiger partial charge in [-0.3, -0.25) is 0 Å². The summed E-state index contributed by atoms with van der Waals surface area (Å²) in [5.41, 5.74) is 0.562. The van der Waals surface area contributed by atoms with Gasteiger partial charge in [0.15, 0.2) is 0 Å². The monoisotopic (exact) mass is 216 g/mol. The molecule has 0 N–H and O–H groups in total. The zero-order valence-electron chi connectivity index (χ0n) is 9.88. The van der Waals surface area contributed by atoms with E-state index in [1.807, 2.05) is 30.3 Å². The Kier molecular flexibility index (Phi) is 2.58. The molecular weight excluding hydrogens is 200 g/mol. The Labute approximate surface area is 95.5 Å². The van der Waals surface area contributed by atoms with Crippen LogP contribution in [0.15, 0.2) is 51.0 Å². The molecule has 0 aromatic heterocycles. The van der Waals surface area contributed by atoms with Crippen molar-refractivity contribution in [2.45, 2.75) is 32.9 Å². The quantitative estimate of drug-likeness (QED) is 0.714. The van der Waals surface area contributed by atoms with Crippen LogP contribution < -0.4 is 0 Å². The average Bonchev–Trinajstić information content (AvgIpc) is 2.66.